The Hall–Kier alpha value is -1.28. The van der Waals surface area contributed by atoms with Gasteiger partial charge in [0.15, 0.2) is 0 Å². The summed E-state index contributed by atoms with van der Waals surface area (Å²) in [6, 6.07) is 9.43. The summed E-state index contributed by atoms with van der Waals surface area (Å²) < 4.78 is 5.29. The third-order valence-corrected chi connectivity index (χ3v) is 6.39. The number of hydrogen-bond donors (Lipinski definition) is 1. The molecule has 22 heavy (non-hydrogen) atoms. The zero-order valence-electron chi connectivity index (χ0n) is 13.9. The molecule has 0 radical (unpaired) electrons. The van der Waals surface area contributed by atoms with E-state index in [2.05, 4.69) is 31.3 Å². The molecule has 2 unspecified atom stereocenters. The summed E-state index contributed by atoms with van der Waals surface area (Å²) in [4.78, 5) is 1.72. The van der Waals surface area contributed by atoms with E-state index in [1.807, 2.05) is 11.1 Å². The van der Waals surface area contributed by atoms with Gasteiger partial charge in [0, 0.05) is 12.8 Å². The summed E-state index contributed by atoms with van der Waals surface area (Å²) in [6.45, 7) is 1.32. The molecule has 4 aliphatic rings. The quantitative estimate of drug-likeness (QED) is 0.847. The molecule has 3 aliphatic carbocycles. The van der Waals surface area contributed by atoms with Gasteiger partial charge < -0.3 is 9.64 Å². The molecule has 0 aromatic heterocycles. The third kappa shape index (κ3) is 2.38. The summed E-state index contributed by atoms with van der Waals surface area (Å²) in [5.74, 6) is 2.80. The van der Waals surface area contributed by atoms with Crippen molar-refractivity contribution in [2.75, 3.05) is 20.7 Å². The standard InChI is InChI=1S/C20H27NO/c1-21-12-11-18-15-5-7-16(8-6-15)20(18)19(21)13-14-3-9-17(22-2)10-4-14/h3-4,9-10,15-16,19H,5-8,11-13H2,1-2H3/p+1. The Kier molecular flexibility index (Phi) is 3.73. The number of ether oxygens (including phenoxy) is 1. The van der Waals surface area contributed by atoms with Crippen LogP contribution in [-0.2, 0) is 6.42 Å². The van der Waals surface area contributed by atoms with E-state index in [0.29, 0.717) is 6.04 Å². The highest BCUT2D eigenvalue weighted by atomic mass is 16.5. The van der Waals surface area contributed by atoms with Crippen molar-refractivity contribution >= 4 is 0 Å². The van der Waals surface area contributed by atoms with Gasteiger partial charge in [-0.25, -0.2) is 0 Å². The van der Waals surface area contributed by atoms with Crippen molar-refractivity contribution in [3.05, 3.63) is 41.0 Å². The summed E-state index contributed by atoms with van der Waals surface area (Å²) >= 11 is 0. The molecule has 1 heterocycles. The van der Waals surface area contributed by atoms with Crippen LogP contribution in [0.5, 0.6) is 5.75 Å². The highest BCUT2D eigenvalue weighted by Crippen LogP contribution is 2.48. The monoisotopic (exact) mass is 298 g/mol. The average Bonchev–Trinajstić information content (AvgIpc) is 2.58. The second kappa shape index (κ2) is 5.73. The van der Waals surface area contributed by atoms with Gasteiger partial charge in [0.25, 0.3) is 0 Å². The number of benzene rings is 1. The minimum Gasteiger partial charge on any atom is -0.497 e. The molecule has 2 atom stereocenters. The predicted octanol–water partition coefficient (Wildman–Crippen LogP) is 2.64. The minimum atomic E-state index is 0.713. The van der Waals surface area contributed by atoms with E-state index in [1.165, 1.54) is 50.6 Å². The lowest BCUT2D eigenvalue weighted by Crippen LogP contribution is -3.14. The largest absolute Gasteiger partial charge is 0.497 e. The van der Waals surface area contributed by atoms with Crippen molar-refractivity contribution in [2.45, 2.75) is 44.6 Å². The fourth-order valence-corrected chi connectivity index (χ4v) is 5.16. The zero-order chi connectivity index (χ0) is 15.1. The Labute approximate surface area is 134 Å². The predicted molar refractivity (Wildman–Crippen MR) is 89.3 cm³/mol. The zero-order valence-corrected chi connectivity index (χ0v) is 13.9. The Bertz CT molecular complexity index is 566. The van der Waals surface area contributed by atoms with Gasteiger partial charge >= 0.3 is 0 Å². The van der Waals surface area contributed by atoms with Crippen LogP contribution in [0.2, 0.25) is 0 Å². The summed E-state index contributed by atoms with van der Waals surface area (Å²) in [6.07, 6.45) is 8.40. The highest BCUT2D eigenvalue weighted by molar-refractivity contribution is 5.33. The Balaban J connectivity index is 1.62. The van der Waals surface area contributed by atoms with E-state index in [-0.39, 0.29) is 0 Å². The fraction of sp³-hybridized carbons (Fsp3) is 0.600. The van der Waals surface area contributed by atoms with Crippen LogP contribution in [0.15, 0.2) is 35.4 Å². The highest BCUT2D eigenvalue weighted by Gasteiger charge is 2.43. The second-order valence-electron chi connectivity index (χ2n) is 7.48. The van der Waals surface area contributed by atoms with Crippen molar-refractivity contribution in [2.24, 2.45) is 11.8 Å². The molecule has 118 valence electrons. The average molecular weight is 298 g/mol. The number of methoxy groups -OCH3 is 1. The molecule has 0 amide bonds. The lowest BCUT2D eigenvalue weighted by atomic mass is 9.62. The van der Waals surface area contributed by atoms with E-state index >= 15 is 0 Å². The lowest BCUT2D eigenvalue weighted by molar-refractivity contribution is -0.902. The molecule has 0 saturated heterocycles. The molecule has 0 spiro atoms. The molecule has 1 aliphatic heterocycles. The number of likely N-dealkylation sites (N-methyl/N-ethyl adjacent to an activating group) is 1. The Morgan fingerprint density at radius 2 is 1.73 bits per heavy atom. The van der Waals surface area contributed by atoms with E-state index in [1.54, 1.807) is 12.0 Å². The molecule has 1 saturated carbocycles. The smallest absolute Gasteiger partial charge is 0.118 e. The van der Waals surface area contributed by atoms with Gasteiger partial charge in [-0.15, -0.1) is 0 Å². The van der Waals surface area contributed by atoms with Crippen LogP contribution in [0.4, 0.5) is 0 Å². The summed E-state index contributed by atoms with van der Waals surface area (Å²) in [7, 11) is 4.14. The second-order valence-corrected chi connectivity index (χ2v) is 7.48. The first-order valence-electron chi connectivity index (χ1n) is 8.94. The van der Waals surface area contributed by atoms with Gasteiger partial charge in [-0.3, -0.25) is 0 Å². The van der Waals surface area contributed by atoms with E-state index < -0.39 is 0 Å². The van der Waals surface area contributed by atoms with Crippen molar-refractivity contribution in [3.63, 3.8) is 0 Å². The third-order valence-electron chi connectivity index (χ3n) is 6.39. The molecule has 1 aromatic carbocycles. The lowest BCUT2D eigenvalue weighted by Gasteiger charge is -2.47. The van der Waals surface area contributed by atoms with Crippen LogP contribution in [0, 0.1) is 11.8 Å². The van der Waals surface area contributed by atoms with E-state index in [0.717, 1.165) is 17.6 Å². The minimum absolute atomic E-state index is 0.713. The van der Waals surface area contributed by atoms with Crippen molar-refractivity contribution < 1.29 is 9.64 Å². The number of quaternary nitrogens is 1. The normalized spacial score (nSPS) is 33.7. The first-order valence-corrected chi connectivity index (χ1v) is 8.94. The first-order chi connectivity index (χ1) is 10.8. The molecule has 5 rings (SSSR count). The van der Waals surface area contributed by atoms with Gasteiger partial charge in [0.05, 0.1) is 20.7 Å². The van der Waals surface area contributed by atoms with Crippen molar-refractivity contribution in [3.8, 4) is 5.75 Å². The van der Waals surface area contributed by atoms with Crippen LogP contribution in [0.25, 0.3) is 0 Å². The van der Waals surface area contributed by atoms with Gasteiger partial charge in [-0.05, 0) is 60.8 Å². The van der Waals surface area contributed by atoms with Crippen LogP contribution < -0.4 is 9.64 Å². The SMILES string of the molecule is COc1ccc(CC2C3=C(CC[NH+]2C)C2CCC3CC2)cc1. The Morgan fingerprint density at radius 3 is 2.41 bits per heavy atom. The number of hydrogen-bond acceptors (Lipinski definition) is 1. The van der Waals surface area contributed by atoms with Crippen LogP contribution in [0.3, 0.4) is 0 Å². The topological polar surface area (TPSA) is 13.7 Å². The van der Waals surface area contributed by atoms with Gasteiger partial charge in [0.2, 0.25) is 0 Å². The van der Waals surface area contributed by atoms with E-state index in [9.17, 15) is 0 Å². The fourth-order valence-electron chi connectivity index (χ4n) is 5.16. The van der Waals surface area contributed by atoms with Crippen molar-refractivity contribution in [1.29, 1.82) is 0 Å². The molecular weight excluding hydrogens is 270 g/mol. The Morgan fingerprint density at radius 1 is 1.05 bits per heavy atom. The summed E-state index contributed by atoms with van der Waals surface area (Å²) in [5.41, 5.74) is 5.22. The van der Waals surface area contributed by atoms with Crippen molar-refractivity contribution in [1.82, 2.24) is 0 Å². The molecule has 1 fully saturated rings. The molecule has 2 nitrogen and oxygen atoms in total. The molecule has 2 bridgehead atoms. The van der Waals surface area contributed by atoms with E-state index in [4.69, 9.17) is 4.74 Å². The van der Waals surface area contributed by atoms with Gasteiger partial charge in [-0.2, -0.15) is 0 Å². The molecule has 2 heteroatoms. The van der Waals surface area contributed by atoms with Crippen LogP contribution in [-0.4, -0.2) is 26.7 Å². The molecule has 1 aromatic rings. The maximum absolute atomic E-state index is 5.29. The molecular formula is C20H28NO+. The number of fused-ring (bicyclic) bond motifs is 2. The maximum atomic E-state index is 5.29. The molecule has 1 N–H and O–H groups in total. The summed E-state index contributed by atoms with van der Waals surface area (Å²) in [5, 5.41) is 0. The van der Waals surface area contributed by atoms with Crippen LogP contribution in [0.1, 0.15) is 37.7 Å². The van der Waals surface area contributed by atoms with Gasteiger partial charge in [-0.1, -0.05) is 17.7 Å². The number of rotatable bonds is 3. The van der Waals surface area contributed by atoms with Gasteiger partial charge in [0.1, 0.15) is 11.8 Å². The van der Waals surface area contributed by atoms with Crippen LogP contribution >= 0.6 is 0 Å². The first kappa shape index (κ1) is 14.3. The number of nitrogens with one attached hydrogen (secondary N) is 1. The maximum Gasteiger partial charge on any atom is 0.118 e.